The Morgan fingerprint density at radius 3 is 2.93 bits per heavy atom. The highest BCUT2D eigenvalue weighted by Crippen LogP contribution is 2.11. The number of nitrogens with one attached hydrogen (secondary N) is 2. The summed E-state index contributed by atoms with van der Waals surface area (Å²) in [6, 6.07) is 3.05. The molecule has 0 aliphatic heterocycles. The van der Waals surface area contributed by atoms with Crippen LogP contribution in [0.1, 0.15) is 6.92 Å². The Balaban J connectivity index is 2.65. The largest absolute Gasteiger partial charge is 0.325 e. The van der Waals surface area contributed by atoms with E-state index in [0.29, 0.717) is 10.8 Å². The SMILES string of the molecule is CNC(C)C(=O)Nc1ccnc(Cl)c1. The topological polar surface area (TPSA) is 54.0 Å². The predicted octanol–water partition coefficient (Wildman–Crippen LogP) is 1.28. The number of carbonyl (C=O) groups excluding carboxylic acids is 1. The molecule has 1 atom stereocenters. The molecule has 1 rings (SSSR count). The van der Waals surface area contributed by atoms with Gasteiger partial charge in [-0.2, -0.15) is 0 Å². The van der Waals surface area contributed by atoms with Crippen LogP contribution in [-0.2, 0) is 4.79 Å². The Bertz CT molecular complexity index is 330. The molecule has 0 spiro atoms. The quantitative estimate of drug-likeness (QED) is 0.744. The number of rotatable bonds is 3. The van der Waals surface area contributed by atoms with E-state index in [0.717, 1.165) is 0 Å². The van der Waals surface area contributed by atoms with Gasteiger partial charge in [0, 0.05) is 11.9 Å². The molecule has 0 fully saturated rings. The maximum Gasteiger partial charge on any atom is 0.241 e. The van der Waals surface area contributed by atoms with Crippen molar-refractivity contribution in [2.24, 2.45) is 0 Å². The second kappa shape index (κ2) is 4.93. The second-order valence-electron chi connectivity index (χ2n) is 2.87. The van der Waals surface area contributed by atoms with E-state index in [1.165, 1.54) is 0 Å². The van der Waals surface area contributed by atoms with Gasteiger partial charge >= 0.3 is 0 Å². The van der Waals surface area contributed by atoms with Crippen LogP contribution in [0.5, 0.6) is 0 Å². The Morgan fingerprint density at radius 2 is 2.36 bits per heavy atom. The lowest BCUT2D eigenvalue weighted by atomic mass is 10.3. The van der Waals surface area contributed by atoms with Crippen LogP contribution >= 0.6 is 11.6 Å². The Morgan fingerprint density at radius 1 is 1.64 bits per heavy atom. The van der Waals surface area contributed by atoms with Gasteiger partial charge in [-0.1, -0.05) is 11.6 Å². The molecule has 5 heteroatoms. The first-order chi connectivity index (χ1) is 6.63. The minimum atomic E-state index is -0.234. The zero-order valence-corrected chi connectivity index (χ0v) is 8.80. The number of hydrogen-bond donors (Lipinski definition) is 2. The van der Waals surface area contributed by atoms with Crippen molar-refractivity contribution in [2.75, 3.05) is 12.4 Å². The van der Waals surface area contributed by atoms with Gasteiger partial charge in [-0.3, -0.25) is 4.79 Å². The third kappa shape index (κ3) is 2.97. The van der Waals surface area contributed by atoms with E-state index in [9.17, 15) is 4.79 Å². The number of pyridine rings is 1. The highest BCUT2D eigenvalue weighted by Gasteiger charge is 2.09. The summed E-state index contributed by atoms with van der Waals surface area (Å²) in [6.07, 6.45) is 1.54. The molecule has 0 aromatic carbocycles. The summed E-state index contributed by atoms with van der Waals surface area (Å²) in [5.74, 6) is -0.102. The summed E-state index contributed by atoms with van der Waals surface area (Å²) < 4.78 is 0. The molecule has 1 amide bonds. The van der Waals surface area contributed by atoms with Gasteiger partial charge in [0.2, 0.25) is 5.91 Å². The van der Waals surface area contributed by atoms with Gasteiger partial charge in [0.25, 0.3) is 0 Å². The van der Waals surface area contributed by atoms with E-state index in [1.54, 1.807) is 32.3 Å². The fourth-order valence-corrected chi connectivity index (χ4v) is 1.04. The highest BCUT2D eigenvalue weighted by atomic mass is 35.5. The number of aromatic nitrogens is 1. The van der Waals surface area contributed by atoms with Crippen molar-refractivity contribution < 1.29 is 4.79 Å². The molecular weight excluding hydrogens is 202 g/mol. The van der Waals surface area contributed by atoms with Crippen molar-refractivity contribution in [2.45, 2.75) is 13.0 Å². The number of halogens is 1. The van der Waals surface area contributed by atoms with Crippen LogP contribution in [0, 0.1) is 0 Å². The fraction of sp³-hybridized carbons (Fsp3) is 0.333. The number of nitrogens with zero attached hydrogens (tertiary/aromatic N) is 1. The maximum absolute atomic E-state index is 11.4. The van der Waals surface area contributed by atoms with Gasteiger partial charge in [0.05, 0.1) is 6.04 Å². The van der Waals surface area contributed by atoms with Crippen LogP contribution in [0.4, 0.5) is 5.69 Å². The molecule has 0 radical (unpaired) electrons. The van der Waals surface area contributed by atoms with Gasteiger partial charge in [-0.15, -0.1) is 0 Å². The highest BCUT2D eigenvalue weighted by molar-refractivity contribution is 6.29. The molecule has 0 saturated carbocycles. The summed E-state index contributed by atoms with van der Waals surface area (Å²) in [7, 11) is 1.73. The minimum Gasteiger partial charge on any atom is -0.325 e. The molecule has 4 nitrogen and oxygen atoms in total. The van der Waals surface area contributed by atoms with Crippen LogP contribution in [-0.4, -0.2) is 24.0 Å². The number of carbonyl (C=O) groups is 1. The summed E-state index contributed by atoms with van der Waals surface area (Å²) >= 11 is 5.66. The minimum absolute atomic E-state index is 0.102. The van der Waals surface area contributed by atoms with E-state index in [1.807, 2.05) is 0 Å². The molecule has 1 heterocycles. The van der Waals surface area contributed by atoms with Gasteiger partial charge in [0.1, 0.15) is 5.15 Å². The molecule has 1 unspecified atom stereocenters. The van der Waals surface area contributed by atoms with Crippen molar-refractivity contribution in [1.29, 1.82) is 0 Å². The lowest BCUT2D eigenvalue weighted by Gasteiger charge is -2.10. The van der Waals surface area contributed by atoms with E-state index >= 15 is 0 Å². The van der Waals surface area contributed by atoms with Crippen LogP contribution in [0.15, 0.2) is 18.3 Å². The molecule has 0 saturated heterocycles. The van der Waals surface area contributed by atoms with Crippen molar-refractivity contribution in [3.05, 3.63) is 23.5 Å². The van der Waals surface area contributed by atoms with Gasteiger partial charge in [0.15, 0.2) is 0 Å². The number of anilines is 1. The zero-order valence-electron chi connectivity index (χ0n) is 8.04. The number of hydrogen-bond acceptors (Lipinski definition) is 3. The first-order valence-electron chi connectivity index (χ1n) is 4.23. The lowest BCUT2D eigenvalue weighted by molar-refractivity contribution is -0.117. The molecule has 1 aromatic heterocycles. The fourth-order valence-electron chi connectivity index (χ4n) is 0.862. The standard InChI is InChI=1S/C9H12ClN3O/c1-6(11-2)9(14)13-7-3-4-12-8(10)5-7/h3-6,11H,1-2H3,(H,12,13,14). The average molecular weight is 214 g/mol. The van der Waals surface area contributed by atoms with Gasteiger partial charge in [-0.25, -0.2) is 4.98 Å². The van der Waals surface area contributed by atoms with Crippen LogP contribution in [0.25, 0.3) is 0 Å². The van der Waals surface area contributed by atoms with Crippen molar-refractivity contribution >= 4 is 23.2 Å². The molecular formula is C9H12ClN3O. The van der Waals surface area contributed by atoms with Gasteiger partial charge in [-0.05, 0) is 26.1 Å². The number of likely N-dealkylation sites (N-methyl/N-ethyl adjacent to an activating group) is 1. The molecule has 14 heavy (non-hydrogen) atoms. The van der Waals surface area contributed by atoms with Crippen LogP contribution in [0.3, 0.4) is 0 Å². The van der Waals surface area contributed by atoms with E-state index in [4.69, 9.17) is 11.6 Å². The summed E-state index contributed by atoms with van der Waals surface area (Å²) in [4.78, 5) is 15.2. The molecule has 76 valence electrons. The summed E-state index contributed by atoms with van der Waals surface area (Å²) in [5, 5.41) is 5.91. The first kappa shape index (κ1) is 10.9. The Hall–Kier alpha value is -1.13. The van der Waals surface area contributed by atoms with Crippen LogP contribution in [0.2, 0.25) is 5.15 Å². The van der Waals surface area contributed by atoms with Gasteiger partial charge < -0.3 is 10.6 Å². The first-order valence-corrected chi connectivity index (χ1v) is 4.61. The van der Waals surface area contributed by atoms with Crippen LogP contribution < -0.4 is 10.6 Å². The molecule has 0 bridgehead atoms. The van der Waals surface area contributed by atoms with E-state index in [-0.39, 0.29) is 11.9 Å². The van der Waals surface area contributed by atoms with Crippen molar-refractivity contribution in [1.82, 2.24) is 10.3 Å². The molecule has 2 N–H and O–H groups in total. The molecule has 0 aliphatic rings. The summed E-state index contributed by atoms with van der Waals surface area (Å²) in [5.41, 5.74) is 0.650. The lowest BCUT2D eigenvalue weighted by Crippen LogP contribution is -2.35. The molecule has 0 aliphatic carbocycles. The second-order valence-corrected chi connectivity index (χ2v) is 3.25. The average Bonchev–Trinajstić information content (AvgIpc) is 2.16. The van der Waals surface area contributed by atoms with Crippen molar-refractivity contribution in [3.8, 4) is 0 Å². The third-order valence-corrected chi connectivity index (χ3v) is 2.03. The monoisotopic (exact) mass is 213 g/mol. The zero-order chi connectivity index (χ0) is 10.6. The summed E-state index contributed by atoms with van der Waals surface area (Å²) in [6.45, 7) is 1.78. The third-order valence-electron chi connectivity index (χ3n) is 1.82. The molecule has 1 aromatic rings. The smallest absolute Gasteiger partial charge is 0.241 e. The van der Waals surface area contributed by atoms with E-state index in [2.05, 4.69) is 15.6 Å². The van der Waals surface area contributed by atoms with Crippen molar-refractivity contribution in [3.63, 3.8) is 0 Å². The number of amides is 1. The maximum atomic E-state index is 11.4. The Kier molecular flexibility index (Phi) is 3.85. The predicted molar refractivity (Wildman–Crippen MR) is 56.4 cm³/mol. The Labute approximate surface area is 87.7 Å². The normalized spacial score (nSPS) is 12.2. The van der Waals surface area contributed by atoms with E-state index < -0.39 is 0 Å².